The normalized spacial score (nSPS) is 28.5. The smallest absolute Gasteiger partial charge is 0.0215 e. The van der Waals surface area contributed by atoms with Crippen molar-refractivity contribution in [2.24, 2.45) is 5.92 Å². The molecule has 0 amide bonds. The second kappa shape index (κ2) is 3.94. The van der Waals surface area contributed by atoms with E-state index in [-0.39, 0.29) is 0 Å². The molecule has 60 valence electrons. The van der Waals surface area contributed by atoms with Crippen LogP contribution in [-0.2, 0) is 0 Å². The van der Waals surface area contributed by atoms with E-state index in [2.05, 4.69) is 24.5 Å². The third-order valence-electron chi connectivity index (χ3n) is 2.11. The summed E-state index contributed by atoms with van der Waals surface area (Å²) in [7, 11) is 0. The topological polar surface area (TPSA) is 24.1 Å². The Hall–Kier alpha value is -0.0800. The van der Waals surface area contributed by atoms with Crippen molar-refractivity contribution < 1.29 is 0 Å². The van der Waals surface area contributed by atoms with Crippen LogP contribution in [0, 0.1) is 5.92 Å². The van der Waals surface area contributed by atoms with E-state index in [1.165, 1.54) is 19.5 Å². The predicted octanol–water partition coefficient (Wildman–Crippen LogP) is 0.594. The molecule has 0 aromatic heterocycles. The van der Waals surface area contributed by atoms with E-state index in [4.69, 9.17) is 0 Å². The van der Waals surface area contributed by atoms with Gasteiger partial charge in [0.25, 0.3) is 0 Å². The fraction of sp³-hybridized carbons (Fsp3) is 1.00. The average molecular weight is 142 g/mol. The van der Waals surface area contributed by atoms with Gasteiger partial charge in [0, 0.05) is 12.6 Å². The van der Waals surface area contributed by atoms with Crippen LogP contribution in [0.2, 0.25) is 0 Å². The van der Waals surface area contributed by atoms with Gasteiger partial charge < -0.3 is 10.6 Å². The van der Waals surface area contributed by atoms with Gasteiger partial charge in [-0.2, -0.15) is 0 Å². The van der Waals surface area contributed by atoms with Crippen LogP contribution in [-0.4, -0.2) is 25.7 Å². The van der Waals surface area contributed by atoms with Crippen molar-refractivity contribution in [3.63, 3.8) is 0 Å². The van der Waals surface area contributed by atoms with Crippen molar-refractivity contribution in [2.45, 2.75) is 26.3 Å². The highest BCUT2D eigenvalue weighted by Crippen LogP contribution is 2.01. The molecular formula is C8H18N2. The maximum absolute atomic E-state index is 3.52. The maximum Gasteiger partial charge on any atom is 0.0215 e. The highest BCUT2D eigenvalue weighted by molar-refractivity contribution is 4.75. The first kappa shape index (κ1) is 8.02. The Balaban J connectivity index is 2.28. The van der Waals surface area contributed by atoms with Crippen molar-refractivity contribution in [1.82, 2.24) is 10.6 Å². The number of nitrogens with one attached hydrogen (secondary N) is 2. The van der Waals surface area contributed by atoms with Gasteiger partial charge in [0.2, 0.25) is 0 Å². The van der Waals surface area contributed by atoms with Gasteiger partial charge in [-0.3, -0.25) is 0 Å². The Morgan fingerprint density at radius 1 is 1.30 bits per heavy atom. The molecule has 0 unspecified atom stereocenters. The second-order valence-electron chi connectivity index (χ2n) is 3.36. The van der Waals surface area contributed by atoms with Crippen LogP contribution in [0.5, 0.6) is 0 Å². The molecule has 0 aromatic carbocycles. The third kappa shape index (κ3) is 2.27. The van der Waals surface area contributed by atoms with Gasteiger partial charge in [-0.25, -0.2) is 0 Å². The van der Waals surface area contributed by atoms with Crippen LogP contribution < -0.4 is 10.6 Å². The molecule has 1 aliphatic heterocycles. The molecule has 1 heterocycles. The highest BCUT2D eigenvalue weighted by atomic mass is 15.0. The lowest BCUT2D eigenvalue weighted by atomic mass is 10.1. The Kier molecular flexibility index (Phi) is 3.16. The molecule has 1 aliphatic rings. The standard InChI is InChI=1S/C8H18N2/c1-7(2)8-6-9-4-3-5-10-8/h7-10H,3-6H2,1-2H3/t8-/m0/s1. The molecule has 0 saturated carbocycles. The summed E-state index contributed by atoms with van der Waals surface area (Å²) in [6.45, 7) is 8.03. The first-order valence-corrected chi connectivity index (χ1v) is 4.25. The SMILES string of the molecule is CC(C)[C@@H]1CNCCCN1. The van der Waals surface area contributed by atoms with Gasteiger partial charge in [0.1, 0.15) is 0 Å². The summed E-state index contributed by atoms with van der Waals surface area (Å²) >= 11 is 0. The molecule has 0 aliphatic carbocycles. The Morgan fingerprint density at radius 2 is 2.10 bits per heavy atom. The monoisotopic (exact) mass is 142 g/mol. The molecular weight excluding hydrogens is 124 g/mol. The Labute approximate surface area is 63.4 Å². The van der Waals surface area contributed by atoms with Crippen molar-refractivity contribution in [1.29, 1.82) is 0 Å². The van der Waals surface area contributed by atoms with Gasteiger partial charge in [-0.1, -0.05) is 13.8 Å². The third-order valence-corrected chi connectivity index (χ3v) is 2.11. The lowest BCUT2D eigenvalue weighted by molar-refractivity contribution is 0.409. The van der Waals surface area contributed by atoms with Crippen molar-refractivity contribution >= 4 is 0 Å². The highest BCUT2D eigenvalue weighted by Gasteiger charge is 2.13. The minimum Gasteiger partial charge on any atom is -0.315 e. The van der Waals surface area contributed by atoms with Gasteiger partial charge in [0.05, 0.1) is 0 Å². The van der Waals surface area contributed by atoms with Crippen LogP contribution in [0.3, 0.4) is 0 Å². The van der Waals surface area contributed by atoms with Gasteiger partial charge >= 0.3 is 0 Å². The first-order chi connectivity index (χ1) is 4.80. The van der Waals surface area contributed by atoms with Crippen molar-refractivity contribution in [3.8, 4) is 0 Å². The van der Waals surface area contributed by atoms with E-state index >= 15 is 0 Å². The molecule has 0 bridgehead atoms. The number of hydrogen-bond acceptors (Lipinski definition) is 2. The molecule has 2 nitrogen and oxygen atoms in total. The van der Waals surface area contributed by atoms with Crippen LogP contribution >= 0.6 is 0 Å². The van der Waals surface area contributed by atoms with Gasteiger partial charge in [0.15, 0.2) is 0 Å². The van der Waals surface area contributed by atoms with Crippen LogP contribution in [0.1, 0.15) is 20.3 Å². The molecule has 1 saturated heterocycles. The summed E-state index contributed by atoms with van der Waals surface area (Å²) in [5, 5.41) is 6.93. The molecule has 10 heavy (non-hydrogen) atoms. The molecule has 0 spiro atoms. The zero-order chi connectivity index (χ0) is 7.40. The fourth-order valence-corrected chi connectivity index (χ4v) is 1.30. The molecule has 1 rings (SSSR count). The second-order valence-corrected chi connectivity index (χ2v) is 3.36. The van der Waals surface area contributed by atoms with Crippen LogP contribution in [0.25, 0.3) is 0 Å². The minimum absolute atomic E-state index is 0.683. The van der Waals surface area contributed by atoms with Crippen LogP contribution in [0.15, 0.2) is 0 Å². The fourth-order valence-electron chi connectivity index (χ4n) is 1.30. The maximum atomic E-state index is 3.52. The zero-order valence-electron chi connectivity index (χ0n) is 6.98. The zero-order valence-corrected chi connectivity index (χ0v) is 6.98. The molecule has 0 radical (unpaired) electrons. The van der Waals surface area contributed by atoms with E-state index < -0.39 is 0 Å². The van der Waals surface area contributed by atoms with E-state index in [9.17, 15) is 0 Å². The van der Waals surface area contributed by atoms with E-state index in [1.807, 2.05) is 0 Å². The number of hydrogen-bond donors (Lipinski definition) is 2. The first-order valence-electron chi connectivity index (χ1n) is 4.25. The van der Waals surface area contributed by atoms with E-state index in [0.717, 1.165) is 12.5 Å². The molecule has 1 atom stereocenters. The van der Waals surface area contributed by atoms with Gasteiger partial charge in [-0.05, 0) is 25.4 Å². The molecule has 2 N–H and O–H groups in total. The van der Waals surface area contributed by atoms with E-state index in [0.29, 0.717) is 6.04 Å². The summed E-state index contributed by atoms with van der Waals surface area (Å²) in [6.07, 6.45) is 1.27. The van der Waals surface area contributed by atoms with Crippen LogP contribution in [0.4, 0.5) is 0 Å². The summed E-state index contributed by atoms with van der Waals surface area (Å²) in [6, 6.07) is 0.683. The number of rotatable bonds is 1. The predicted molar refractivity (Wildman–Crippen MR) is 44.1 cm³/mol. The summed E-state index contributed by atoms with van der Waals surface area (Å²) in [4.78, 5) is 0. The molecule has 0 aromatic rings. The minimum atomic E-state index is 0.683. The van der Waals surface area contributed by atoms with E-state index in [1.54, 1.807) is 0 Å². The summed E-state index contributed by atoms with van der Waals surface area (Å²) in [5.41, 5.74) is 0. The Bertz CT molecular complexity index is 83.3. The Morgan fingerprint density at radius 3 is 2.80 bits per heavy atom. The van der Waals surface area contributed by atoms with Gasteiger partial charge in [-0.15, -0.1) is 0 Å². The largest absolute Gasteiger partial charge is 0.315 e. The summed E-state index contributed by atoms with van der Waals surface area (Å²) in [5.74, 6) is 0.755. The average Bonchev–Trinajstić information content (AvgIpc) is 2.12. The lowest BCUT2D eigenvalue weighted by Gasteiger charge is -2.19. The quantitative estimate of drug-likeness (QED) is 0.560. The lowest BCUT2D eigenvalue weighted by Crippen LogP contribution is -2.39. The van der Waals surface area contributed by atoms with Crippen molar-refractivity contribution in [3.05, 3.63) is 0 Å². The summed E-state index contributed by atoms with van der Waals surface area (Å²) < 4.78 is 0. The van der Waals surface area contributed by atoms with Crippen molar-refractivity contribution in [2.75, 3.05) is 19.6 Å². The molecule has 2 heteroatoms. The molecule has 1 fully saturated rings.